The summed E-state index contributed by atoms with van der Waals surface area (Å²) in [6, 6.07) is 6.25. The van der Waals surface area contributed by atoms with Gasteiger partial charge in [0.05, 0.1) is 18.8 Å². The number of amides is 2. The summed E-state index contributed by atoms with van der Waals surface area (Å²) in [6.07, 6.45) is 0. The Labute approximate surface area is 123 Å². The van der Waals surface area contributed by atoms with Crippen LogP contribution in [0.15, 0.2) is 24.3 Å². The number of hydrogen-bond acceptors (Lipinski definition) is 5. The van der Waals surface area contributed by atoms with E-state index in [-0.39, 0.29) is 36.9 Å². The lowest BCUT2D eigenvalue weighted by Gasteiger charge is -2.08. The SMILES string of the molecule is COCCOCC(=O)NCCNC(=O)c1ccccc1O. The maximum absolute atomic E-state index is 11.7. The Kier molecular flexibility index (Phi) is 7.85. The second kappa shape index (κ2) is 9.73. The topological polar surface area (TPSA) is 96.9 Å². The van der Waals surface area contributed by atoms with Crippen LogP contribution < -0.4 is 10.6 Å². The highest BCUT2D eigenvalue weighted by Gasteiger charge is 2.09. The van der Waals surface area contributed by atoms with Crippen LogP contribution in [-0.4, -0.2) is 56.9 Å². The van der Waals surface area contributed by atoms with E-state index in [2.05, 4.69) is 10.6 Å². The molecule has 0 aromatic heterocycles. The Hall–Kier alpha value is -2.12. The van der Waals surface area contributed by atoms with Gasteiger partial charge in [-0.15, -0.1) is 0 Å². The van der Waals surface area contributed by atoms with Crippen LogP contribution in [0.2, 0.25) is 0 Å². The summed E-state index contributed by atoms with van der Waals surface area (Å²) in [5.74, 6) is -0.729. The summed E-state index contributed by atoms with van der Waals surface area (Å²) >= 11 is 0. The van der Waals surface area contributed by atoms with Crippen LogP contribution in [-0.2, 0) is 14.3 Å². The van der Waals surface area contributed by atoms with E-state index in [9.17, 15) is 14.7 Å². The molecule has 0 aliphatic heterocycles. The van der Waals surface area contributed by atoms with E-state index < -0.39 is 5.91 Å². The first-order chi connectivity index (χ1) is 10.1. The number of phenols is 1. The maximum Gasteiger partial charge on any atom is 0.255 e. The number of ether oxygens (including phenoxy) is 2. The Morgan fingerprint density at radius 3 is 2.57 bits per heavy atom. The van der Waals surface area contributed by atoms with E-state index in [1.165, 1.54) is 12.1 Å². The lowest BCUT2D eigenvalue weighted by Crippen LogP contribution is -2.36. The molecular formula is C14H20N2O5. The van der Waals surface area contributed by atoms with Crippen LogP contribution in [0.3, 0.4) is 0 Å². The minimum Gasteiger partial charge on any atom is -0.507 e. The van der Waals surface area contributed by atoms with Gasteiger partial charge in [-0.25, -0.2) is 0 Å². The zero-order valence-electron chi connectivity index (χ0n) is 11.9. The number of rotatable bonds is 9. The molecule has 0 unspecified atom stereocenters. The molecule has 7 nitrogen and oxygen atoms in total. The molecule has 3 N–H and O–H groups in total. The minimum absolute atomic E-state index is 0.0449. The molecule has 0 bridgehead atoms. The van der Waals surface area contributed by atoms with Crippen molar-refractivity contribution in [3.05, 3.63) is 29.8 Å². The second-order valence-corrected chi connectivity index (χ2v) is 4.17. The molecule has 0 radical (unpaired) electrons. The first-order valence-electron chi connectivity index (χ1n) is 6.54. The van der Waals surface area contributed by atoms with Gasteiger partial charge in [-0.05, 0) is 12.1 Å². The first-order valence-corrected chi connectivity index (χ1v) is 6.54. The Morgan fingerprint density at radius 1 is 1.14 bits per heavy atom. The quantitative estimate of drug-likeness (QED) is 0.553. The number of phenolic OH excluding ortho intramolecular Hbond substituents is 1. The van der Waals surface area contributed by atoms with Gasteiger partial charge in [0, 0.05) is 20.2 Å². The van der Waals surface area contributed by atoms with Gasteiger partial charge in [-0.3, -0.25) is 9.59 Å². The Balaban J connectivity index is 2.15. The summed E-state index contributed by atoms with van der Waals surface area (Å²) in [6.45, 7) is 1.29. The van der Waals surface area contributed by atoms with Gasteiger partial charge in [0.1, 0.15) is 12.4 Å². The second-order valence-electron chi connectivity index (χ2n) is 4.17. The van der Waals surface area contributed by atoms with Crippen molar-refractivity contribution in [2.75, 3.05) is 40.0 Å². The summed E-state index contributed by atoms with van der Waals surface area (Å²) in [5.41, 5.74) is 0.201. The molecule has 2 amide bonds. The van der Waals surface area contributed by atoms with Gasteiger partial charge >= 0.3 is 0 Å². The molecule has 1 aromatic rings. The van der Waals surface area contributed by atoms with Crippen LogP contribution in [0.5, 0.6) is 5.75 Å². The number of nitrogens with one attached hydrogen (secondary N) is 2. The zero-order valence-corrected chi connectivity index (χ0v) is 11.9. The fourth-order valence-corrected chi connectivity index (χ4v) is 1.50. The van der Waals surface area contributed by atoms with E-state index in [0.717, 1.165) is 0 Å². The third-order valence-corrected chi connectivity index (χ3v) is 2.55. The molecule has 116 valence electrons. The van der Waals surface area contributed by atoms with Crippen LogP contribution >= 0.6 is 0 Å². The minimum atomic E-state index is -0.390. The van der Waals surface area contributed by atoms with Crippen molar-refractivity contribution in [2.24, 2.45) is 0 Å². The highest BCUT2D eigenvalue weighted by Crippen LogP contribution is 2.14. The standard InChI is InChI=1S/C14H20N2O5/c1-20-8-9-21-10-13(18)15-6-7-16-14(19)11-4-2-3-5-12(11)17/h2-5,17H,6-10H2,1H3,(H,15,18)(H,16,19). The third-order valence-electron chi connectivity index (χ3n) is 2.55. The highest BCUT2D eigenvalue weighted by atomic mass is 16.5. The molecule has 0 saturated heterocycles. The fourth-order valence-electron chi connectivity index (χ4n) is 1.50. The van der Waals surface area contributed by atoms with E-state index in [1.807, 2.05) is 0 Å². The van der Waals surface area contributed by atoms with Crippen molar-refractivity contribution in [2.45, 2.75) is 0 Å². The molecule has 7 heteroatoms. The average Bonchev–Trinajstić information content (AvgIpc) is 2.48. The average molecular weight is 296 g/mol. The number of methoxy groups -OCH3 is 1. The smallest absolute Gasteiger partial charge is 0.255 e. The Bertz CT molecular complexity index is 464. The fraction of sp³-hybridized carbons (Fsp3) is 0.429. The molecule has 1 aromatic carbocycles. The van der Waals surface area contributed by atoms with E-state index >= 15 is 0 Å². The normalized spacial score (nSPS) is 10.1. The largest absolute Gasteiger partial charge is 0.507 e. The number of benzene rings is 1. The molecule has 0 aliphatic carbocycles. The van der Waals surface area contributed by atoms with E-state index in [4.69, 9.17) is 9.47 Å². The molecule has 0 saturated carbocycles. The zero-order chi connectivity index (χ0) is 15.5. The number of aromatic hydroxyl groups is 1. The molecule has 0 heterocycles. The van der Waals surface area contributed by atoms with Gasteiger partial charge in [0.25, 0.3) is 5.91 Å². The van der Waals surface area contributed by atoms with E-state index in [1.54, 1.807) is 19.2 Å². The molecular weight excluding hydrogens is 276 g/mol. The molecule has 0 fully saturated rings. The van der Waals surface area contributed by atoms with Gasteiger partial charge in [-0.2, -0.15) is 0 Å². The van der Waals surface area contributed by atoms with Crippen LogP contribution in [0.1, 0.15) is 10.4 Å². The third kappa shape index (κ3) is 6.73. The number of carbonyl (C=O) groups excluding carboxylic acids is 2. The van der Waals surface area contributed by atoms with Gasteiger partial charge in [-0.1, -0.05) is 12.1 Å². The van der Waals surface area contributed by atoms with Crippen molar-refractivity contribution >= 4 is 11.8 Å². The number of carbonyl (C=O) groups is 2. The van der Waals surface area contributed by atoms with E-state index in [0.29, 0.717) is 13.2 Å². The monoisotopic (exact) mass is 296 g/mol. The summed E-state index contributed by atoms with van der Waals surface area (Å²) < 4.78 is 9.82. The highest BCUT2D eigenvalue weighted by molar-refractivity contribution is 5.96. The van der Waals surface area contributed by atoms with Crippen LogP contribution in [0.25, 0.3) is 0 Å². The van der Waals surface area contributed by atoms with Gasteiger partial charge < -0.3 is 25.2 Å². The lowest BCUT2D eigenvalue weighted by atomic mass is 10.2. The lowest BCUT2D eigenvalue weighted by molar-refractivity contribution is -0.126. The molecule has 0 spiro atoms. The predicted octanol–water partition coefficient (Wildman–Crippen LogP) is -0.0988. The molecule has 21 heavy (non-hydrogen) atoms. The Morgan fingerprint density at radius 2 is 1.86 bits per heavy atom. The van der Waals surface area contributed by atoms with Crippen molar-refractivity contribution in [1.29, 1.82) is 0 Å². The number of para-hydroxylation sites is 1. The van der Waals surface area contributed by atoms with Crippen LogP contribution in [0.4, 0.5) is 0 Å². The van der Waals surface area contributed by atoms with Crippen molar-refractivity contribution in [3.63, 3.8) is 0 Å². The molecule has 0 aliphatic rings. The molecule has 1 rings (SSSR count). The van der Waals surface area contributed by atoms with Gasteiger partial charge in [0.15, 0.2) is 0 Å². The summed E-state index contributed by atoms with van der Waals surface area (Å²) in [7, 11) is 1.55. The summed E-state index contributed by atoms with van der Waals surface area (Å²) in [5, 5.41) is 14.7. The first kappa shape index (κ1) is 16.9. The summed E-state index contributed by atoms with van der Waals surface area (Å²) in [4.78, 5) is 23.1. The van der Waals surface area contributed by atoms with Crippen LogP contribution in [0, 0.1) is 0 Å². The predicted molar refractivity (Wildman–Crippen MR) is 76.1 cm³/mol. The van der Waals surface area contributed by atoms with Gasteiger partial charge in [0.2, 0.25) is 5.91 Å². The molecule has 0 atom stereocenters. The maximum atomic E-state index is 11.7. The van der Waals surface area contributed by atoms with Crippen molar-refractivity contribution in [1.82, 2.24) is 10.6 Å². The number of hydrogen-bond donors (Lipinski definition) is 3. The van der Waals surface area contributed by atoms with Crippen molar-refractivity contribution in [3.8, 4) is 5.75 Å². The van der Waals surface area contributed by atoms with Crippen molar-refractivity contribution < 1.29 is 24.2 Å².